The number of hydrogen-bond donors (Lipinski definition) is 0. The maximum Gasteiger partial charge on any atom is -0.0443 e. The van der Waals surface area contributed by atoms with Crippen LogP contribution in [0.1, 0.15) is 85.0 Å². The predicted molar refractivity (Wildman–Crippen MR) is 66.7 cm³/mol. The minimum absolute atomic E-state index is 0.968. The van der Waals surface area contributed by atoms with Crippen LogP contribution < -0.4 is 0 Å². The van der Waals surface area contributed by atoms with Crippen LogP contribution in [-0.4, -0.2) is 0 Å². The van der Waals surface area contributed by atoms with Crippen molar-refractivity contribution in [3.8, 4) is 0 Å². The van der Waals surface area contributed by atoms with Crippen molar-refractivity contribution in [2.45, 2.75) is 85.0 Å². The van der Waals surface area contributed by atoms with Crippen molar-refractivity contribution in [2.75, 3.05) is 0 Å². The summed E-state index contributed by atoms with van der Waals surface area (Å²) in [4.78, 5) is 0. The number of hydrogen-bond acceptors (Lipinski definition) is 0. The minimum atomic E-state index is 0.968. The molecular formula is C14H30. The summed E-state index contributed by atoms with van der Waals surface area (Å²) in [5, 5.41) is 0. The third-order valence-electron chi connectivity index (χ3n) is 3.08. The Morgan fingerprint density at radius 1 is 0.643 bits per heavy atom. The Labute approximate surface area is 91.5 Å². The van der Waals surface area contributed by atoms with E-state index < -0.39 is 0 Å². The topological polar surface area (TPSA) is 0 Å². The lowest BCUT2D eigenvalue weighted by Gasteiger charge is -2.08. The van der Waals surface area contributed by atoms with Gasteiger partial charge in [0, 0.05) is 0 Å². The van der Waals surface area contributed by atoms with Crippen molar-refractivity contribution in [3.63, 3.8) is 0 Å². The van der Waals surface area contributed by atoms with Gasteiger partial charge in [0.25, 0.3) is 0 Å². The molecule has 0 aromatic carbocycles. The second-order valence-electron chi connectivity index (χ2n) is 4.80. The molecule has 0 rings (SSSR count). The molecule has 0 aliphatic carbocycles. The lowest BCUT2D eigenvalue weighted by molar-refractivity contribution is 0.451. The Kier molecular flexibility index (Phi) is 11.1. The molecule has 0 bridgehead atoms. The second kappa shape index (κ2) is 11.1. The van der Waals surface area contributed by atoms with Crippen LogP contribution >= 0.6 is 0 Å². The van der Waals surface area contributed by atoms with Crippen LogP contribution in [0.4, 0.5) is 0 Å². The van der Waals surface area contributed by atoms with E-state index in [0.717, 1.165) is 5.92 Å². The smallest absolute Gasteiger partial charge is 0.0443 e. The maximum absolute atomic E-state index is 2.40. The van der Waals surface area contributed by atoms with Gasteiger partial charge in [-0.2, -0.15) is 0 Å². The molecule has 0 aliphatic heterocycles. The average molecular weight is 198 g/mol. The highest BCUT2D eigenvalue weighted by Gasteiger charge is 1.99. The Morgan fingerprint density at radius 2 is 1.21 bits per heavy atom. The highest BCUT2D eigenvalue weighted by atomic mass is 14.1. The van der Waals surface area contributed by atoms with E-state index in [1.54, 1.807) is 0 Å². The molecule has 0 saturated heterocycles. The molecule has 0 heteroatoms. The third kappa shape index (κ3) is 10.1. The van der Waals surface area contributed by atoms with E-state index in [9.17, 15) is 0 Å². The van der Waals surface area contributed by atoms with Crippen LogP contribution in [0.2, 0.25) is 0 Å². The number of unbranched alkanes of at least 4 members (excludes halogenated alkanes) is 6. The van der Waals surface area contributed by atoms with Gasteiger partial charge in [0.1, 0.15) is 0 Å². The monoisotopic (exact) mass is 198 g/mol. The molecule has 0 fully saturated rings. The van der Waals surface area contributed by atoms with Crippen molar-refractivity contribution < 1.29 is 0 Å². The molecule has 14 heavy (non-hydrogen) atoms. The van der Waals surface area contributed by atoms with Crippen LogP contribution in [0, 0.1) is 5.92 Å². The molecule has 0 unspecified atom stereocenters. The number of rotatable bonds is 10. The van der Waals surface area contributed by atoms with Gasteiger partial charge in [0.05, 0.1) is 0 Å². The van der Waals surface area contributed by atoms with Gasteiger partial charge < -0.3 is 0 Å². The highest BCUT2D eigenvalue weighted by molar-refractivity contribution is 4.53. The lowest BCUT2D eigenvalue weighted by Crippen LogP contribution is -1.93. The van der Waals surface area contributed by atoms with Gasteiger partial charge >= 0.3 is 0 Å². The Morgan fingerprint density at radius 3 is 1.79 bits per heavy atom. The summed E-state index contributed by atoms with van der Waals surface area (Å²) in [6, 6.07) is 0. The zero-order valence-electron chi connectivity index (χ0n) is 10.6. The van der Waals surface area contributed by atoms with Crippen LogP contribution in [-0.2, 0) is 0 Å². The van der Waals surface area contributed by atoms with E-state index >= 15 is 0 Å². The molecule has 86 valence electrons. The van der Waals surface area contributed by atoms with Gasteiger partial charge in [0.15, 0.2) is 0 Å². The molecule has 0 nitrogen and oxygen atoms in total. The SMILES string of the molecule is CCCCCCCCC[C@H](C)CCC. The quantitative estimate of drug-likeness (QED) is 0.403. The predicted octanol–water partition coefficient (Wildman–Crippen LogP) is 5.56. The molecule has 0 aromatic rings. The van der Waals surface area contributed by atoms with Crippen LogP contribution in [0.5, 0.6) is 0 Å². The van der Waals surface area contributed by atoms with Crippen molar-refractivity contribution in [1.29, 1.82) is 0 Å². The zero-order valence-corrected chi connectivity index (χ0v) is 10.6. The van der Waals surface area contributed by atoms with Crippen molar-refractivity contribution in [1.82, 2.24) is 0 Å². The van der Waals surface area contributed by atoms with E-state index in [4.69, 9.17) is 0 Å². The fourth-order valence-electron chi connectivity index (χ4n) is 2.09. The van der Waals surface area contributed by atoms with Crippen molar-refractivity contribution >= 4 is 0 Å². The highest BCUT2D eigenvalue weighted by Crippen LogP contribution is 2.15. The van der Waals surface area contributed by atoms with Crippen molar-refractivity contribution in [2.24, 2.45) is 5.92 Å². The molecule has 1 atom stereocenters. The third-order valence-corrected chi connectivity index (χ3v) is 3.08. The first-order valence-corrected chi connectivity index (χ1v) is 6.81. The molecule has 0 radical (unpaired) electrons. The fraction of sp³-hybridized carbons (Fsp3) is 1.00. The van der Waals surface area contributed by atoms with Gasteiger partial charge in [-0.3, -0.25) is 0 Å². The van der Waals surface area contributed by atoms with Gasteiger partial charge in [-0.1, -0.05) is 85.0 Å². The molecule has 0 N–H and O–H groups in total. The Bertz CT molecular complexity index is 96.2. The van der Waals surface area contributed by atoms with Crippen LogP contribution in [0.3, 0.4) is 0 Å². The first-order valence-electron chi connectivity index (χ1n) is 6.81. The normalized spacial score (nSPS) is 13.1. The average Bonchev–Trinajstić information content (AvgIpc) is 2.17. The van der Waals surface area contributed by atoms with E-state index in [0.29, 0.717) is 0 Å². The van der Waals surface area contributed by atoms with Crippen LogP contribution in [0.15, 0.2) is 0 Å². The molecule has 0 spiro atoms. The summed E-state index contributed by atoms with van der Waals surface area (Å²) in [5.74, 6) is 0.968. The summed E-state index contributed by atoms with van der Waals surface area (Å²) in [5.41, 5.74) is 0. The van der Waals surface area contributed by atoms with E-state index in [1.165, 1.54) is 64.2 Å². The first kappa shape index (κ1) is 14.0. The Balaban J connectivity index is 2.98. The van der Waals surface area contributed by atoms with Gasteiger partial charge in [-0.25, -0.2) is 0 Å². The molecule has 0 aliphatic rings. The Hall–Kier alpha value is 0. The van der Waals surface area contributed by atoms with Gasteiger partial charge in [0.2, 0.25) is 0 Å². The maximum atomic E-state index is 2.40. The molecular weight excluding hydrogens is 168 g/mol. The second-order valence-corrected chi connectivity index (χ2v) is 4.80. The first-order chi connectivity index (χ1) is 6.81. The van der Waals surface area contributed by atoms with Crippen LogP contribution in [0.25, 0.3) is 0 Å². The van der Waals surface area contributed by atoms with E-state index in [1.807, 2.05) is 0 Å². The standard InChI is InChI=1S/C14H30/c1-4-6-7-8-9-10-11-13-14(3)12-5-2/h14H,4-13H2,1-3H3/t14-/m1/s1. The molecule has 0 amide bonds. The van der Waals surface area contributed by atoms with Gasteiger partial charge in [-0.15, -0.1) is 0 Å². The molecule has 0 heterocycles. The summed E-state index contributed by atoms with van der Waals surface area (Å²) in [6.45, 7) is 6.98. The minimum Gasteiger partial charge on any atom is -0.0654 e. The zero-order chi connectivity index (χ0) is 10.6. The van der Waals surface area contributed by atoms with Gasteiger partial charge in [-0.05, 0) is 5.92 Å². The van der Waals surface area contributed by atoms with E-state index in [2.05, 4.69) is 20.8 Å². The largest absolute Gasteiger partial charge is 0.0654 e. The summed E-state index contributed by atoms with van der Waals surface area (Å²) in [6.07, 6.45) is 14.4. The van der Waals surface area contributed by atoms with E-state index in [-0.39, 0.29) is 0 Å². The summed E-state index contributed by atoms with van der Waals surface area (Å²) < 4.78 is 0. The molecule has 0 aromatic heterocycles. The summed E-state index contributed by atoms with van der Waals surface area (Å²) >= 11 is 0. The fourth-order valence-corrected chi connectivity index (χ4v) is 2.09. The lowest BCUT2D eigenvalue weighted by atomic mass is 9.98. The van der Waals surface area contributed by atoms with Crippen molar-refractivity contribution in [3.05, 3.63) is 0 Å². The summed E-state index contributed by atoms with van der Waals surface area (Å²) in [7, 11) is 0. The molecule has 0 saturated carbocycles.